The second-order valence-electron chi connectivity index (χ2n) is 7.68. The first kappa shape index (κ1) is 24.2. The van der Waals surface area contributed by atoms with Crippen molar-refractivity contribution in [1.82, 2.24) is 9.97 Å². The van der Waals surface area contributed by atoms with Crippen LogP contribution in [0.3, 0.4) is 0 Å². The van der Waals surface area contributed by atoms with Gasteiger partial charge in [0.05, 0.1) is 5.69 Å². The maximum Gasteiger partial charge on any atom is 0.222 e. The van der Waals surface area contributed by atoms with Crippen molar-refractivity contribution in [2.75, 3.05) is 17.7 Å². The van der Waals surface area contributed by atoms with Crippen LogP contribution in [0.15, 0.2) is 54.6 Å². The number of nitrogens with two attached hydrogens (primary N) is 1. The number of hydrogen-bond acceptors (Lipinski definition) is 8. The minimum Gasteiger partial charge on any atom is -0.457 e. The highest BCUT2D eigenvalue weighted by Gasteiger charge is 2.25. The van der Waals surface area contributed by atoms with Crippen LogP contribution in [-0.4, -0.2) is 44.2 Å². The standard InChI is InChI=1S/C25H30N4O4/c1-3-18(15-30)22(31)24(32)28-23-21(16(2)27-25(26)29-23)13-12-17-8-7-11-20(14-17)33-19-9-5-4-6-10-19/h4-14,18,22,24,30-32H,3,15H2,1-2H3,(H3,26,27,28,29)/b13-12+/t18-,22-,24-/m1/s1. The topological polar surface area (TPSA) is 134 Å². The van der Waals surface area contributed by atoms with E-state index in [2.05, 4.69) is 15.3 Å². The second-order valence-corrected chi connectivity index (χ2v) is 7.68. The van der Waals surface area contributed by atoms with Crippen LogP contribution in [-0.2, 0) is 0 Å². The molecule has 1 heterocycles. The number of aryl methyl sites for hydroxylation is 1. The minimum atomic E-state index is -1.34. The van der Waals surface area contributed by atoms with E-state index in [9.17, 15) is 15.3 Å². The molecule has 3 aromatic rings. The quantitative estimate of drug-likeness (QED) is 0.297. The first-order valence-electron chi connectivity index (χ1n) is 10.8. The van der Waals surface area contributed by atoms with E-state index < -0.39 is 18.2 Å². The summed E-state index contributed by atoms with van der Waals surface area (Å²) in [5.41, 5.74) is 7.91. The molecule has 6 N–H and O–H groups in total. The predicted molar refractivity (Wildman–Crippen MR) is 130 cm³/mol. The monoisotopic (exact) mass is 450 g/mol. The van der Waals surface area contributed by atoms with Crippen molar-refractivity contribution >= 4 is 23.9 Å². The van der Waals surface area contributed by atoms with Crippen LogP contribution in [0, 0.1) is 12.8 Å². The maximum atomic E-state index is 10.5. The molecule has 0 fully saturated rings. The zero-order chi connectivity index (χ0) is 23.8. The highest BCUT2D eigenvalue weighted by Crippen LogP contribution is 2.25. The van der Waals surface area contributed by atoms with Crippen LogP contribution in [0.2, 0.25) is 0 Å². The lowest BCUT2D eigenvalue weighted by Gasteiger charge is -2.26. The molecule has 0 aliphatic heterocycles. The van der Waals surface area contributed by atoms with Crippen LogP contribution >= 0.6 is 0 Å². The third-order valence-electron chi connectivity index (χ3n) is 5.28. The molecule has 0 bridgehead atoms. The average molecular weight is 451 g/mol. The Labute approximate surface area is 193 Å². The number of anilines is 2. The largest absolute Gasteiger partial charge is 0.457 e. The highest BCUT2D eigenvalue weighted by molar-refractivity contribution is 5.77. The van der Waals surface area contributed by atoms with Crippen molar-refractivity contribution in [3.8, 4) is 11.5 Å². The third kappa shape index (κ3) is 6.52. The molecule has 3 atom stereocenters. The Morgan fingerprint density at radius 3 is 2.45 bits per heavy atom. The van der Waals surface area contributed by atoms with Gasteiger partial charge in [0.15, 0.2) is 6.23 Å². The van der Waals surface area contributed by atoms with Gasteiger partial charge in [-0.15, -0.1) is 0 Å². The molecule has 0 spiro atoms. The van der Waals surface area contributed by atoms with Crippen molar-refractivity contribution in [2.45, 2.75) is 32.6 Å². The van der Waals surface area contributed by atoms with Gasteiger partial charge in [-0.25, -0.2) is 4.98 Å². The molecule has 0 saturated carbocycles. The number of aromatic nitrogens is 2. The zero-order valence-electron chi connectivity index (χ0n) is 18.7. The molecule has 1 aromatic heterocycles. The third-order valence-corrected chi connectivity index (χ3v) is 5.28. The molecule has 8 nitrogen and oxygen atoms in total. The summed E-state index contributed by atoms with van der Waals surface area (Å²) in [6.07, 6.45) is 1.66. The lowest BCUT2D eigenvalue weighted by Crippen LogP contribution is -2.40. The molecule has 3 rings (SSSR count). The number of hydrogen-bond donors (Lipinski definition) is 5. The van der Waals surface area contributed by atoms with Crippen molar-refractivity contribution in [3.63, 3.8) is 0 Å². The van der Waals surface area contributed by atoms with E-state index in [0.29, 0.717) is 23.4 Å². The summed E-state index contributed by atoms with van der Waals surface area (Å²) >= 11 is 0. The molecule has 2 aromatic carbocycles. The first-order chi connectivity index (χ1) is 15.9. The molecule has 8 heteroatoms. The SMILES string of the molecule is CC[C@H](CO)[C@@H](O)[C@@H](O)Nc1nc(N)nc(C)c1/C=C/c1cccc(Oc2ccccc2)c1. The van der Waals surface area contributed by atoms with Gasteiger partial charge in [0.1, 0.15) is 23.4 Å². The predicted octanol–water partition coefficient (Wildman–Crippen LogP) is 3.44. The number of nitrogens with one attached hydrogen (secondary N) is 1. The summed E-state index contributed by atoms with van der Waals surface area (Å²) < 4.78 is 5.89. The van der Waals surface area contributed by atoms with E-state index in [4.69, 9.17) is 10.5 Å². The molecule has 33 heavy (non-hydrogen) atoms. The Hall–Kier alpha value is -3.46. The first-order valence-corrected chi connectivity index (χ1v) is 10.8. The number of benzene rings is 2. The summed E-state index contributed by atoms with van der Waals surface area (Å²) in [5, 5.41) is 33.0. The van der Waals surface area contributed by atoms with Gasteiger partial charge in [-0.1, -0.05) is 43.3 Å². The normalized spacial score (nSPS) is 14.1. The Morgan fingerprint density at radius 1 is 1.03 bits per heavy atom. The number of para-hydroxylation sites is 1. The molecule has 174 valence electrons. The van der Waals surface area contributed by atoms with Crippen LogP contribution in [0.5, 0.6) is 11.5 Å². The summed E-state index contributed by atoms with van der Waals surface area (Å²) in [4.78, 5) is 8.41. The van der Waals surface area contributed by atoms with E-state index in [0.717, 1.165) is 11.3 Å². The van der Waals surface area contributed by atoms with Crippen LogP contribution in [0.4, 0.5) is 11.8 Å². The molecule has 0 aliphatic carbocycles. The van der Waals surface area contributed by atoms with E-state index in [1.807, 2.05) is 67.6 Å². The summed E-state index contributed by atoms with van der Waals surface area (Å²) in [5.74, 6) is 1.29. The number of ether oxygens (including phenoxy) is 1. The number of nitrogens with zero attached hydrogens (tertiary/aromatic N) is 2. The lowest BCUT2D eigenvalue weighted by molar-refractivity contribution is -0.0203. The van der Waals surface area contributed by atoms with Gasteiger partial charge in [-0.2, -0.15) is 4.98 Å². The fourth-order valence-electron chi connectivity index (χ4n) is 3.36. The Kier molecular flexibility index (Phi) is 8.37. The maximum absolute atomic E-state index is 10.5. The minimum absolute atomic E-state index is 0.0429. The molecular weight excluding hydrogens is 420 g/mol. The molecule has 0 saturated heterocycles. The highest BCUT2D eigenvalue weighted by atomic mass is 16.5. The fraction of sp³-hybridized carbons (Fsp3) is 0.280. The van der Waals surface area contributed by atoms with Crippen molar-refractivity contribution < 1.29 is 20.1 Å². The van der Waals surface area contributed by atoms with E-state index in [1.54, 1.807) is 13.0 Å². The van der Waals surface area contributed by atoms with Crippen LogP contribution < -0.4 is 15.8 Å². The van der Waals surface area contributed by atoms with E-state index >= 15 is 0 Å². The number of aliphatic hydroxyl groups is 3. The van der Waals surface area contributed by atoms with Crippen LogP contribution in [0.25, 0.3) is 12.2 Å². The van der Waals surface area contributed by atoms with Gasteiger partial charge >= 0.3 is 0 Å². The van der Waals surface area contributed by atoms with Gasteiger partial charge in [0.25, 0.3) is 0 Å². The second kappa shape index (κ2) is 11.4. The number of rotatable bonds is 10. The average Bonchev–Trinajstić information content (AvgIpc) is 2.80. The Balaban J connectivity index is 1.83. The van der Waals surface area contributed by atoms with E-state index in [1.165, 1.54) is 0 Å². The van der Waals surface area contributed by atoms with Gasteiger partial charge in [-0.3, -0.25) is 0 Å². The van der Waals surface area contributed by atoms with Gasteiger partial charge in [0.2, 0.25) is 5.95 Å². The smallest absolute Gasteiger partial charge is 0.222 e. The van der Waals surface area contributed by atoms with Crippen molar-refractivity contribution in [2.24, 2.45) is 5.92 Å². The van der Waals surface area contributed by atoms with Gasteiger partial charge < -0.3 is 31.1 Å². The molecular formula is C25H30N4O4. The van der Waals surface area contributed by atoms with Crippen molar-refractivity contribution in [1.29, 1.82) is 0 Å². The number of aliphatic hydroxyl groups excluding tert-OH is 3. The number of nitrogen functional groups attached to an aromatic ring is 1. The Bertz CT molecular complexity index is 1070. The molecule has 0 radical (unpaired) electrons. The van der Waals surface area contributed by atoms with E-state index in [-0.39, 0.29) is 18.4 Å². The summed E-state index contributed by atoms with van der Waals surface area (Å²) in [7, 11) is 0. The fourth-order valence-corrected chi connectivity index (χ4v) is 3.36. The lowest BCUT2D eigenvalue weighted by atomic mass is 9.99. The van der Waals surface area contributed by atoms with Gasteiger partial charge in [0, 0.05) is 18.1 Å². The molecule has 0 aliphatic rings. The summed E-state index contributed by atoms with van der Waals surface area (Å²) in [6.45, 7) is 3.37. The Morgan fingerprint density at radius 2 is 1.76 bits per heavy atom. The zero-order valence-corrected chi connectivity index (χ0v) is 18.7. The van der Waals surface area contributed by atoms with Gasteiger partial charge in [-0.05, 0) is 49.2 Å². The molecule has 0 unspecified atom stereocenters. The van der Waals surface area contributed by atoms with Crippen molar-refractivity contribution in [3.05, 3.63) is 71.4 Å². The summed E-state index contributed by atoms with van der Waals surface area (Å²) in [6, 6.07) is 17.1. The van der Waals surface area contributed by atoms with Crippen LogP contribution in [0.1, 0.15) is 30.2 Å². The molecule has 0 amide bonds.